The van der Waals surface area contributed by atoms with Gasteiger partial charge in [-0.3, -0.25) is 0 Å². The minimum atomic E-state index is -4.36. The number of nitrogens with zero attached hydrogens (tertiary/aromatic N) is 2. The van der Waals surface area contributed by atoms with E-state index in [-0.39, 0.29) is 3.57 Å². The van der Waals surface area contributed by atoms with Gasteiger partial charge in [-0.1, -0.05) is 0 Å². The monoisotopic (exact) mass is 366 g/mol. The van der Waals surface area contributed by atoms with Crippen LogP contribution in [0.1, 0.15) is 17.0 Å². The number of aryl methyl sites for hydroxylation is 2. The van der Waals surface area contributed by atoms with Gasteiger partial charge in [0.05, 0.1) is 5.56 Å². The first-order chi connectivity index (χ1) is 8.30. The fourth-order valence-corrected chi connectivity index (χ4v) is 2.40. The van der Waals surface area contributed by atoms with E-state index in [2.05, 4.69) is 4.98 Å². The van der Waals surface area contributed by atoms with Gasteiger partial charge in [-0.25, -0.2) is 4.98 Å². The van der Waals surface area contributed by atoms with Crippen molar-refractivity contribution in [2.75, 3.05) is 0 Å². The molecule has 2 nitrogen and oxygen atoms in total. The molecule has 0 atom stereocenters. The van der Waals surface area contributed by atoms with Crippen molar-refractivity contribution >= 4 is 22.6 Å². The molecule has 96 valence electrons. The zero-order valence-electron chi connectivity index (χ0n) is 9.72. The lowest BCUT2D eigenvalue weighted by Gasteiger charge is -2.13. The largest absolute Gasteiger partial charge is 0.417 e. The summed E-state index contributed by atoms with van der Waals surface area (Å²) in [5, 5.41) is 0. The van der Waals surface area contributed by atoms with Crippen LogP contribution >= 0.6 is 22.6 Å². The Kier molecular flexibility index (Phi) is 3.39. The van der Waals surface area contributed by atoms with Crippen LogP contribution in [0, 0.1) is 17.4 Å². The van der Waals surface area contributed by atoms with Gasteiger partial charge in [-0.2, -0.15) is 13.2 Å². The Hall–Kier alpha value is -1.05. The first kappa shape index (κ1) is 13.4. The van der Waals surface area contributed by atoms with Crippen LogP contribution in [0.4, 0.5) is 13.2 Å². The highest BCUT2D eigenvalue weighted by Gasteiger charge is 2.33. The van der Waals surface area contributed by atoms with Crippen LogP contribution in [0.15, 0.2) is 24.4 Å². The van der Waals surface area contributed by atoms with Gasteiger partial charge in [0.1, 0.15) is 5.82 Å². The van der Waals surface area contributed by atoms with Crippen LogP contribution in [0.25, 0.3) is 5.82 Å². The second kappa shape index (κ2) is 4.56. The molecule has 0 spiro atoms. The van der Waals surface area contributed by atoms with E-state index in [4.69, 9.17) is 0 Å². The number of hydrogen-bond donors (Lipinski definition) is 0. The lowest BCUT2D eigenvalue weighted by molar-refractivity contribution is -0.138. The second-order valence-corrected chi connectivity index (χ2v) is 5.13. The normalized spacial score (nSPS) is 11.9. The molecule has 0 aromatic carbocycles. The summed E-state index contributed by atoms with van der Waals surface area (Å²) in [5.74, 6) is 0.294. The molecular formula is C12H10F3IN2. The molecule has 6 heteroatoms. The molecule has 0 bridgehead atoms. The van der Waals surface area contributed by atoms with E-state index in [1.165, 1.54) is 6.20 Å². The summed E-state index contributed by atoms with van der Waals surface area (Å²) in [6, 6.07) is 4.78. The number of pyridine rings is 1. The third-order valence-corrected chi connectivity index (χ3v) is 3.51. The third kappa shape index (κ3) is 2.38. The Labute approximate surface area is 116 Å². The average molecular weight is 366 g/mol. The zero-order chi connectivity index (χ0) is 13.5. The standard InChI is InChI=1S/C12H10F3IN2/c1-7-3-4-8(2)18(7)11-5-9(12(13,14)15)10(16)6-17-11/h3-6H,1-2H3. The van der Waals surface area contributed by atoms with Crippen molar-refractivity contribution in [1.82, 2.24) is 9.55 Å². The Morgan fingerprint density at radius 3 is 2.22 bits per heavy atom. The zero-order valence-corrected chi connectivity index (χ0v) is 11.9. The summed E-state index contributed by atoms with van der Waals surface area (Å²) < 4.78 is 40.3. The van der Waals surface area contributed by atoms with Crippen molar-refractivity contribution in [2.45, 2.75) is 20.0 Å². The van der Waals surface area contributed by atoms with E-state index < -0.39 is 11.7 Å². The maximum Gasteiger partial charge on any atom is 0.417 e. The number of rotatable bonds is 1. The first-order valence-corrected chi connectivity index (χ1v) is 6.26. The minimum absolute atomic E-state index is 0.103. The lowest BCUT2D eigenvalue weighted by atomic mass is 10.2. The summed E-state index contributed by atoms with van der Waals surface area (Å²) >= 11 is 1.65. The molecule has 0 N–H and O–H groups in total. The van der Waals surface area contributed by atoms with Gasteiger partial charge in [0.2, 0.25) is 0 Å². The molecule has 2 heterocycles. The fourth-order valence-electron chi connectivity index (χ4n) is 1.80. The van der Waals surface area contributed by atoms with Gasteiger partial charge in [-0.05, 0) is 54.6 Å². The van der Waals surface area contributed by atoms with Crippen LogP contribution < -0.4 is 0 Å². The maximum absolute atomic E-state index is 12.8. The van der Waals surface area contributed by atoms with Crippen LogP contribution in [0.2, 0.25) is 0 Å². The smallest absolute Gasteiger partial charge is 0.303 e. The Morgan fingerprint density at radius 2 is 1.72 bits per heavy atom. The van der Waals surface area contributed by atoms with E-state index in [0.29, 0.717) is 5.82 Å². The highest BCUT2D eigenvalue weighted by Crippen LogP contribution is 2.33. The van der Waals surface area contributed by atoms with Gasteiger partial charge in [0.25, 0.3) is 0 Å². The predicted molar refractivity (Wildman–Crippen MR) is 70.8 cm³/mol. The topological polar surface area (TPSA) is 17.8 Å². The van der Waals surface area contributed by atoms with Crippen LogP contribution in [-0.2, 0) is 6.18 Å². The predicted octanol–water partition coefficient (Wildman–Crippen LogP) is 4.11. The van der Waals surface area contributed by atoms with E-state index in [1.807, 2.05) is 26.0 Å². The van der Waals surface area contributed by atoms with E-state index in [1.54, 1.807) is 27.2 Å². The number of hydrogen-bond acceptors (Lipinski definition) is 1. The molecule has 0 aliphatic rings. The number of halogens is 4. The van der Waals surface area contributed by atoms with Crippen molar-refractivity contribution in [3.05, 3.63) is 44.9 Å². The van der Waals surface area contributed by atoms with Crippen LogP contribution in [-0.4, -0.2) is 9.55 Å². The second-order valence-electron chi connectivity index (χ2n) is 3.97. The van der Waals surface area contributed by atoms with Crippen LogP contribution in [0.3, 0.4) is 0 Å². The van der Waals surface area contributed by atoms with Crippen molar-refractivity contribution in [3.8, 4) is 5.82 Å². The molecule has 0 saturated carbocycles. The summed E-state index contributed by atoms with van der Waals surface area (Å²) in [7, 11) is 0. The van der Waals surface area contributed by atoms with Gasteiger partial charge in [0.15, 0.2) is 0 Å². The van der Waals surface area contributed by atoms with Crippen molar-refractivity contribution in [1.29, 1.82) is 0 Å². The van der Waals surface area contributed by atoms with Gasteiger partial charge < -0.3 is 4.57 Å². The van der Waals surface area contributed by atoms with Crippen LogP contribution in [0.5, 0.6) is 0 Å². The summed E-state index contributed by atoms with van der Waals surface area (Å²) in [6.07, 6.45) is -3.11. The summed E-state index contributed by atoms with van der Waals surface area (Å²) in [4.78, 5) is 4.07. The Balaban J connectivity index is 2.62. The number of alkyl halides is 3. The molecular weight excluding hydrogens is 356 g/mol. The van der Waals surface area contributed by atoms with Gasteiger partial charge in [-0.15, -0.1) is 0 Å². The molecule has 0 unspecified atom stereocenters. The van der Waals surface area contributed by atoms with Gasteiger partial charge >= 0.3 is 6.18 Å². The maximum atomic E-state index is 12.8. The molecule has 2 rings (SSSR count). The molecule has 0 amide bonds. The Bertz CT molecular complexity index is 568. The quantitative estimate of drug-likeness (QED) is 0.695. The highest BCUT2D eigenvalue weighted by atomic mass is 127. The fraction of sp³-hybridized carbons (Fsp3) is 0.250. The highest BCUT2D eigenvalue weighted by molar-refractivity contribution is 14.1. The molecule has 18 heavy (non-hydrogen) atoms. The summed E-state index contributed by atoms with van der Waals surface area (Å²) in [5.41, 5.74) is 1.06. The summed E-state index contributed by atoms with van der Waals surface area (Å²) in [6.45, 7) is 3.67. The minimum Gasteiger partial charge on any atom is -0.303 e. The van der Waals surface area contributed by atoms with Crippen molar-refractivity contribution in [2.24, 2.45) is 0 Å². The Morgan fingerprint density at radius 1 is 1.17 bits per heavy atom. The molecule has 0 aliphatic heterocycles. The molecule has 2 aromatic rings. The van der Waals surface area contributed by atoms with E-state index >= 15 is 0 Å². The van der Waals surface area contributed by atoms with Gasteiger partial charge in [0, 0.05) is 21.2 Å². The van der Waals surface area contributed by atoms with Crippen molar-refractivity contribution < 1.29 is 13.2 Å². The third-order valence-electron chi connectivity index (χ3n) is 2.65. The van der Waals surface area contributed by atoms with E-state index in [9.17, 15) is 13.2 Å². The molecule has 0 aliphatic carbocycles. The SMILES string of the molecule is Cc1ccc(C)n1-c1cc(C(F)(F)F)c(I)cn1. The molecule has 0 fully saturated rings. The number of aromatic nitrogens is 2. The lowest BCUT2D eigenvalue weighted by Crippen LogP contribution is -2.11. The van der Waals surface area contributed by atoms with E-state index in [0.717, 1.165) is 17.5 Å². The molecule has 2 aromatic heterocycles. The van der Waals surface area contributed by atoms with Crippen molar-refractivity contribution in [3.63, 3.8) is 0 Å². The average Bonchev–Trinajstić information content (AvgIpc) is 2.58. The molecule has 0 radical (unpaired) electrons. The first-order valence-electron chi connectivity index (χ1n) is 5.19. The molecule has 0 saturated heterocycles.